The first-order valence-electron chi connectivity index (χ1n) is 6.76. The summed E-state index contributed by atoms with van der Waals surface area (Å²) in [5.74, 6) is 0.856. The third-order valence-electron chi connectivity index (χ3n) is 4.35. The van der Waals surface area contributed by atoms with Gasteiger partial charge in [0.15, 0.2) is 0 Å². The number of quaternary nitrogens is 1. The maximum Gasteiger partial charge on any atom is 0.211 e. The summed E-state index contributed by atoms with van der Waals surface area (Å²) < 4.78 is 24.5. The van der Waals surface area contributed by atoms with Crippen LogP contribution in [-0.2, 0) is 10.0 Å². The van der Waals surface area contributed by atoms with E-state index >= 15 is 0 Å². The molecule has 0 aromatic heterocycles. The molecule has 1 N–H and O–H groups in total. The predicted molar refractivity (Wildman–Crippen MR) is 68.5 cm³/mol. The van der Waals surface area contributed by atoms with Crippen LogP contribution in [-0.4, -0.2) is 51.2 Å². The SMILES string of the molecule is C[C@@H]1CCC[C@@H]([NH+]2CCN(S(C)(=O)=O)CC2)C1. The Morgan fingerprint density at radius 3 is 2.35 bits per heavy atom. The quantitative estimate of drug-likeness (QED) is 0.743. The normalized spacial score (nSPS) is 33.8. The first-order chi connectivity index (χ1) is 7.97. The molecule has 100 valence electrons. The van der Waals surface area contributed by atoms with Crippen molar-refractivity contribution in [2.45, 2.75) is 38.6 Å². The molecule has 2 aliphatic rings. The fraction of sp³-hybridized carbons (Fsp3) is 1.00. The summed E-state index contributed by atoms with van der Waals surface area (Å²) in [6.45, 7) is 5.74. The van der Waals surface area contributed by atoms with Crippen molar-refractivity contribution in [1.29, 1.82) is 0 Å². The number of hydrogen-bond donors (Lipinski definition) is 1. The molecule has 0 spiro atoms. The van der Waals surface area contributed by atoms with E-state index in [1.54, 1.807) is 9.21 Å². The lowest BCUT2D eigenvalue weighted by atomic mass is 9.86. The van der Waals surface area contributed by atoms with Crippen molar-refractivity contribution in [3.8, 4) is 0 Å². The number of piperazine rings is 1. The lowest BCUT2D eigenvalue weighted by Gasteiger charge is -2.38. The standard InChI is InChI=1S/C12H24N2O2S/c1-11-4-3-5-12(10-11)13-6-8-14(9-7-13)17(2,15)16/h11-12H,3-10H2,1-2H3/p+1/t11-,12-/m1/s1. The van der Waals surface area contributed by atoms with Gasteiger partial charge in [-0.05, 0) is 18.8 Å². The smallest absolute Gasteiger partial charge is 0.211 e. The molecule has 2 fully saturated rings. The third-order valence-corrected chi connectivity index (χ3v) is 5.65. The molecule has 0 amide bonds. The number of nitrogens with zero attached hydrogens (tertiary/aromatic N) is 1. The highest BCUT2D eigenvalue weighted by molar-refractivity contribution is 7.88. The molecule has 5 heteroatoms. The largest absolute Gasteiger partial charge is 0.330 e. The maximum atomic E-state index is 11.4. The van der Waals surface area contributed by atoms with E-state index in [0.29, 0.717) is 13.1 Å². The summed E-state index contributed by atoms with van der Waals surface area (Å²) in [6, 6.07) is 0.778. The van der Waals surface area contributed by atoms with E-state index in [0.717, 1.165) is 25.0 Å². The average Bonchev–Trinajstić information content (AvgIpc) is 2.28. The number of sulfonamides is 1. The second-order valence-electron chi connectivity index (χ2n) is 5.79. The van der Waals surface area contributed by atoms with E-state index in [1.807, 2.05) is 0 Å². The van der Waals surface area contributed by atoms with Gasteiger partial charge in [0, 0.05) is 6.42 Å². The Morgan fingerprint density at radius 2 is 1.82 bits per heavy atom. The molecule has 1 aliphatic heterocycles. The van der Waals surface area contributed by atoms with Crippen LogP contribution in [0.3, 0.4) is 0 Å². The minimum atomic E-state index is -2.97. The molecular weight excluding hydrogens is 236 g/mol. The second kappa shape index (κ2) is 5.24. The van der Waals surface area contributed by atoms with Crippen LogP contribution in [0.2, 0.25) is 0 Å². The fourth-order valence-corrected chi connectivity index (χ4v) is 4.16. The zero-order valence-corrected chi connectivity index (χ0v) is 11.8. The average molecular weight is 261 g/mol. The van der Waals surface area contributed by atoms with Crippen LogP contribution < -0.4 is 4.90 Å². The van der Waals surface area contributed by atoms with E-state index in [-0.39, 0.29) is 0 Å². The topological polar surface area (TPSA) is 41.8 Å². The lowest BCUT2D eigenvalue weighted by molar-refractivity contribution is -0.930. The van der Waals surface area contributed by atoms with Gasteiger partial charge in [0.1, 0.15) is 0 Å². The zero-order chi connectivity index (χ0) is 12.5. The van der Waals surface area contributed by atoms with Gasteiger partial charge in [-0.15, -0.1) is 0 Å². The van der Waals surface area contributed by atoms with E-state index < -0.39 is 10.0 Å². The number of nitrogens with one attached hydrogen (secondary N) is 1. The van der Waals surface area contributed by atoms with Crippen molar-refractivity contribution in [2.24, 2.45) is 5.92 Å². The van der Waals surface area contributed by atoms with Gasteiger partial charge in [-0.2, -0.15) is 4.31 Å². The van der Waals surface area contributed by atoms with Gasteiger partial charge >= 0.3 is 0 Å². The van der Waals surface area contributed by atoms with Crippen molar-refractivity contribution < 1.29 is 13.3 Å². The Bertz CT molecular complexity index is 348. The van der Waals surface area contributed by atoms with Gasteiger partial charge in [0.2, 0.25) is 10.0 Å². The molecule has 0 unspecified atom stereocenters. The Hall–Kier alpha value is -0.130. The Balaban J connectivity index is 1.86. The molecule has 4 nitrogen and oxygen atoms in total. The molecule has 0 radical (unpaired) electrons. The molecule has 2 atom stereocenters. The van der Waals surface area contributed by atoms with Gasteiger partial charge in [-0.3, -0.25) is 0 Å². The molecule has 0 aromatic carbocycles. The summed E-state index contributed by atoms with van der Waals surface area (Å²) in [4.78, 5) is 1.64. The van der Waals surface area contributed by atoms with Gasteiger partial charge in [0.25, 0.3) is 0 Å². The minimum Gasteiger partial charge on any atom is -0.330 e. The van der Waals surface area contributed by atoms with Crippen molar-refractivity contribution >= 4 is 10.0 Å². The summed E-state index contributed by atoms with van der Waals surface area (Å²) in [5.41, 5.74) is 0. The molecule has 0 aromatic rings. The Morgan fingerprint density at radius 1 is 1.18 bits per heavy atom. The van der Waals surface area contributed by atoms with Crippen molar-refractivity contribution in [2.75, 3.05) is 32.4 Å². The van der Waals surface area contributed by atoms with Crippen LogP contribution in [0.1, 0.15) is 32.6 Å². The fourth-order valence-electron chi connectivity index (χ4n) is 3.32. The molecule has 1 saturated carbocycles. The van der Waals surface area contributed by atoms with Gasteiger partial charge in [-0.25, -0.2) is 8.42 Å². The van der Waals surface area contributed by atoms with Gasteiger partial charge < -0.3 is 4.90 Å². The molecule has 1 saturated heterocycles. The molecule has 0 bridgehead atoms. The second-order valence-corrected chi connectivity index (χ2v) is 7.77. The summed E-state index contributed by atoms with van der Waals surface area (Å²) >= 11 is 0. The van der Waals surface area contributed by atoms with E-state index in [4.69, 9.17) is 0 Å². The number of hydrogen-bond acceptors (Lipinski definition) is 2. The molecule has 17 heavy (non-hydrogen) atoms. The Kier molecular flexibility index (Phi) is 4.10. The van der Waals surface area contributed by atoms with Crippen LogP contribution in [0, 0.1) is 5.92 Å². The summed E-state index contributed by atoms with van der Waals surface area (Å²) in [7, 11) is -2.97. The molecular formula is C12H25N2O2S+. The summed E-state index contributed by atoms with van der Waals surface area (Å²) in [6.07, 6.45) is 6.71. The van der Waals surface area contributed by atoms with E-state index in [2.05, 4.69) is 6.92 Å². The van der Waals surface area contributed by atoms with Crippen molar-refractivity contribution in [3.63, 3.8) is 0 Å². The predicted octanol–water partition coefficient (Wildman–Crippen LogP) is -0.275. The highest BCUT2D eigenvalue weighted by Crippen LogP contribution is 2.22. The minimum absolute atomic E-state index is 0.707. The lowest BCUT2D eigenvalue weighted by Crippen LogP contribution is -3.18. The molecule has 1 heterocycles. The monoisotopic (exact) mass is 261 g/mol. The maximum absolute atomic E-state index is 11.4. The van der Waals surface area contributed by atoms with Crippen molar-refractivity contribution in [3.05, 3.63) is 0 Å². The summed E-state index contributed by atoms with van der Waals surface area (Å²) in [5, 5.41) is 0. The van der Waals surface area contributed by atoms with Crippen LogP contribution in [0.15, 0.2) is 0 Å². The number of rotatable bonds is 2. The van der Waals surface area contributed by atoms with Gasteiger partial charge in [0.05, 0.1) is 38.5 Å². The van der Waals surface area contributed by atoms with Gasteiger partial charge in [-0.1, -0.05) is 13.3 Å². The molecule has 1 aliphatic carbocycles. The highest BCUT2D eigenvalue weighted by atomic mass is 32.2. The van der Waals surface area contributed by atoms with Crippen LogP contribution in [0.4, 0.5) is 0 Å². The van der Waals surface area contributed by atoms with Crippen molar-refractivity contribution in [1.82, 2.24) is 4.31 Å². The highest BCUT2D eigenvalue weighted by Gasteiger charge is 2.32. The third kappa shape index (κ3) is 3.42. The zero-order valence-electron chi connectivity index (χ0n) is 11.0. The van der Waals surface area contributed by atoms with E-state index in [1.165, 1.54) is 31.9 Å². The van der Waals surface area contributed by atoms with Crippen LogP contribution in [0.25, 0.3) is 0 Å². The first-order valence-corrected chi connectivity index (χ1v) is 8.61. The van der Waals surface area contributed by atoms with Crippen LogP contribution in [0.5, 0.6) is 0 Å². The van der Waals surface area contributed by atoms with Crippen LogP contribution >= 0.6 is 0 Å². The first kappa shape index (κ1) is 13.3. The molecule has 2 rings (SSSR count). The van der Waals surface area contributed by atoms with E-state index in [9.17, 15) is 8.42 Å². The Labute approximate surface area is 105 Å².